The zero-order valence-corrected chi connectivity index (χ0v) is 9.74. The van der Waals surface area contributed by atoms with Gasteiger partial charge in [-0.15, -0.1) is 0 Å². The van der Waals surface area contributed by atoms with Crippen molar-refractivity contribution in [1.82, 2.24) is 4.90 Å². The summed E-state index contributed by atoms with van der Waals surface area (Å²) in [4.78, 5) is 13.5. The molecule has 19 heavy (non-hydrogen) atoms. The monoisotopic (exact) mass is 266 g/mol. The van der Waals surface area contributed by atoms with Crippen LogP contribution in [0.4, 0.5) is 13.2 Å². The maximum atomic E-state index is 12.7. The second-order valence-corrected chi connectivity index (χ2v) is 4.78. The summed E-state index contributed by atoms with van der Waals surface area (Å²) in [5.41, 5.74) is -0.433. The fourth-order valence-electron chi connectivity index (χ4n) is 2.43. The van der Waals surface area contributed by atoms with E-state index in [9.17, 15) is 18.0 Å². The van der Waals surface area contributed by atoms with Crippen LogP contribution in [0.1, 0.15) is 40.4 Å². The van der Waals surface area contributed by atoms with Crippen LogP contribution in [0.15, 0.2) is 18.2 Å². The Morgan fingerprint density at radius 2 is 2.00 bits per heavy atom. The topological polar surface area (TPSA) is 44.1 Å². The van der Waals surface area contributed by atoms with Gasteiger partial charge in [0.1, 0.15) is 6.04 Å². The van der Waals surface area contributed by atoms with E-state index in [1.807, 2.05) is 6.07 Å². The third-order valence-electron chi connectivity index (χ3n) is 3.48. The maximum Gasteiger partial charge on any atom is 0.416 e. The average molecular weight is 266 g/mol. The summed E-state index contributed by atoms with van der Waals surface area (Å²) in [6.45, 7) is 0. The third-order valence-corrected chi connectivity index (χ3v) is 3.48. The van der Waals surface area contributed by atoms with Crippen LogP contribution in [0.2, 0.25) is 0 Å². The first kappa shape index (κ1) is 12.0. The average Bonchev–Trinajstić information content (AvgIpc) is 3.14. The molecule has 1 heterocycles. The molecule has 6 heteroatoms. The highest BCUT2D eigenvalue weighted by Gasteiger charge is 2.46. The van der Waals surface area contributed by atoms with E-state index in [4.69, 9.17) is 5.26 Å². The maximum absolute atomic E-state index is 12.7. The number of alkyl halides is 3. The number of halogens is 3. The van der Waals surface area contributed by atoms with Crippen molar-refractivity contribution in [1.29, 1.82) is 5.26 Å². The number of carbonyl (C=O) groups is 1. The van der Waals surface area contributed by atoms with Gasteiger partial charge in [0.15, 0.2) is 0 Å². The Bertz CT molecular complexity index is 599. The minimum atomic E-state index is -4.47. The third kappa shape index (κ3) is 1.77. The molecule has 1 amide bonds. The summed E-state index contributed by atoms with van der Waals surface area (Å²) in [5, 5.41) is 9.15. The Morgan fingerprint density at radius 3 is 2.53 bits per heavy atom. The molecule has 0 radical (unpaired) electrons. The zero-order valence-electron chi connectivity index (χ0n) is 9.74. The van der Waals surface area contributed by atoms with Crippen LogP contribution in [0.3, 0.4) is 0 Å². The molecule has 3 nitrogen and oxygen atoms in total. The molecular formula is C13H9F3N2O. The summed E-state index contributed by atoms with van der Waals surface area (Å²) >= 11 is 0. The van der Waals surface area contributed by atoms with Crippen molar-refractivity contribution >= 4 is 5.91 Å². The van der Waals surface area contributed by atoms with Crippen LogP contribution >= 0.6 is 0 Å². The molecule has 1 unspecified atom stereocenters. The van der Waals surface area contributed by atoms with E-state index in [2.05, 4.69) is 0 Å². The molecule has 3 rings (SSSR count). The summed E-state index contributed by atoms with van der Waals surface area (Å²) in [6.07, 6.45) is -2.85. The lowest BCUT2D eigenvalue weighted by Gasteiger charge is -2.19. The first-order valence-corrected chi connectivity index (χ1v) is 5.87. The van der Waals surface area contributed by atoms with Crippen LogP contribution in [0, 0.1) is 11.3 Å². The van der Waals surface area contributed by atoms with Crippen LogP contribution in [0.5, 0.6) is 0 Å². The molecule has 1 aromatic carbocycles. The number of benzene rings is 1. The molecule has 1 aliphatic carbocycles. The van der Waals surface area contributed by atoms with E-state index in [-0.39, 0.29) is 23.1 Å². The van der Waals surface area contributed by atoms with Crippen LogP contribution in [-0.2, 0) is 6.18 Å². The molecule has 0 saturated heterocycles. The zero-order chi connectivity index (χ0) is 13.8. The van der Waals surface area contributed by atoms with Crippen LogP contribution in [-0.4, -0.2) is 16.8 Å². The minimum Gasteiger partial charge on any atom is -0.315 e. The smallest absolute Gasteiger partial charge is 0.315 e. The summed E-state index contributed by atoms with van der Waals surface area (Å²) in [6, 6.07) is 4.03. The first-order chi connectivity index (χ1) is 8.93. The van der Waals surface area contributed by atoms with Gasteiger partial charge in [0.05, 0.1) is 11.6 Å². The number of hydrogen-bond donors (Lipinski definition) is 0. The minimum absolute atomic E-state index is 0.00103. The van der Waals surface area contributed by atoms with Crippen molar-refractivity contribution in [2.75, 3.05) is 0 Å². The number of amides is 1. The van der Waals surface area contributed by atoms with E-state index in [0.717, 1.165) is 25.0 Å². The van der Waals surface area contributed by atoms with Gasteiger partial charge in [-0.1, -0.05) is 0 Å². The number of nitrogens with zero attached hydrogens (tertiary/aromatic N) is 2. The van der Waals surface area contributed by atoms with Crippen molar-refractivity contribution in [2.45, 2.75) is 31.1 Å². The van der Waals surface area contributed by atoms with Crippen molar-refractivity contribution in [2.24, 2.45) is 0 Å². The SMILES string of the molecule is N#CC1c2cc(C(F)(F)F)ccc2C(=O)N1C1CC1. The van der Waals surface area contributed by atoms with Crippen molar-refractivity contribution in [3.63, 3.8) is 0 Å². The van der Waals surface area contributed by atoms with E-state index < -0.39 is 17.8 Å². The van der Waals surface area contributed by atoms with Crippen molar-refractivity contribution in [3.05, 3.63) is 34.9 Å². The van der Waals surface area contributed by atoms with E-state index >= 15 is 0 Å². The van der Waals surface area contributed by atoms with Gasteiger partial charge in [-0.05, 0) is 31.0 Å². The lowest BCUT2D eigenvalue weighted by atomic mass is 10.0. The molecule has 0 spiro atoms. The molecule has 0 aromatic heterocycles. The molecule has 0 bridgehead atoms. The number of rotatable bonds is 1. The summed E-state index contributed by atoms with van der Waals surface area (Å²) in [7, 11) is 0. The van der Waals surface area contributed by atoms with Gasteiger partial charge >= 0.3 is 6.18 Å². The normalized spacial score (nSPS) is 22.3. The van der Waals surface area contributed by atoms with Gasteiger partial charge in [0.2, 0.25) is 0 Å². The number of carbonyl (C=O) groups excluding carboxylic acids is 1. The largest absolute Gasteiger partial charge is 0.416 e. The van der Waals surface area contributed by atoms with Crippen molar-refractivity contribution in [3.8, 4) is 6.07 Å². The fourth-order valence-corrected chi connectivity index (χ4v) is 2.43. The highest BCUT2D eigenvalue weighted by Crippen LogP contribution is 2.43. The van der Waals surface area contributed by atoms with Gasteiger partial charge in [0, 0.05) is 17.2 Å². The van der Waals surface area contributed by atoms with Gasteiger partial charge < -0.3 is 4.90 Å². The summed E-state index contributed by atoms with van der Waals surface area (Å²) in [5.74, 6) is -0.335. The second-order valence-electron chi connectivity index (χ2n) is 4.78. The molecule has 1 saturated carbocycles. The predicted molar refractivity (Wildman–Crippen MR) is 59.0 cm³/mol. The number of nitriles is 1. The molecule has 1 aliphatic heterocycles. The molecule has 98 valence electrons. The van der Waals surface area contributed by atoms with Gasteiger partial charge in [-0.2, -0.15) is 18.4 Å². The van der Waals surface area contributed by atoms with Crippen LogP contribution < -0.4 is 0 Å². The molecule has 2 aliphatic rings. The van der Waals surface area contributed by atoms with Crippen molar-refractivity contribution < 1.29 is 18.0 Å². The highest BCUT2D eigenvalue weighted by molar-refractivity contribution is 6.00. The standard InChI is InChI=1S/C13H9F3N2O/c14-13(15,16)7-1-4-9-10(5-7)11(6-17)18(12(9)19)8-2-3-8/h1,4-5,8,11H,2-3H2. The lowest BCUT2D eigenvalue weighted by Crippen LogP contribution is -2.29. The molecule has 1 atom stereocenters. The quantitative estimate of drug-likeness (QED) is 0.784. The van der Waals surface area contributed by atoms with Gasteiger partial charge in [-0.3, -0.25) is 4.79 Å². The summed E-state index contributed by atoms with van der Waals surface area (Å²) < 4.78 is 38.0. The Kier molecular flexibility index (Phi) is 2.36. The molecule has 1 aromatic rings. The molecule has 0 N–H and O–H groups in total. The Balaban J connectivity index is 2.09. The Morgan fingerprint density at radius 1 is 1.32 bits per heavy atom. The first-order valence-electron chi connectivity index (χ1n) is 5.87. The van der Waals surface area contributed by atoms with Gasteiger partial charge in [-0.25, -0.2) is 0 Å². The number of fused-ring (bicyclic) bond motifs is 1. The van der Waals surface area contributed by atoms with Gasteiger partial charge in [0.25, 0.3) is 5.91 Å². The second kappa shape index (κ2) is 3.73. The fraction of sp³-hybridized carbons (Fsp3) is 0.385. The Labute approximate surface area is 107 Å². The number of hydrogen-bond acceptors (Lipinski definition) is 2. The van der Waals surface area contributed by atoms with E-state index in [1.165, 1.54) is 11.0 Å². The molecule has 1 fully saturated rings. The van der Waals surface area contributed by atoms with Crippen LogP contribution in [0.25, 0.3) is 0 Å². The lowest BCUT2D eigenvalue weighted by molar-refractivity contribution is -0.137. The molecular weight excluding hydrogens is 257 g/mol. The Hall–Kier alpha value is -2.03. The van der Waals surface area contributed by atoms with E-state index in [0.29, 0.717) is 0 Å². The van der Waals surface area contributed by atoms with E-state index in [1.54, 1.807) is 0 Å². The highest BCUT2D eigenvalue weighted by atomic mass is 19.4. The predicted octanol–water partition coefficient (Wildman–Crippen LogP) is 2.89.